The van der Waals surface area contributed by atoms with Gasteiger partial charge in [0.25, 0.3) is 5.56 Å². The molecule has 9 nitrogen and oxygen atoms in total. The van der Waals surface area contributed by atoms with E-state index in [1.54, 1.807) is 16.7 Å². The van der Waals surface area contributed by atoms with Gasteiger partial charge in [-0.2, -0.15) is 0 Å². The first-order valence-corrected chi connectivity index (χ1v) is 14.0. The summed E-state index contributed by atoms with van der Waals surface area (Å²) in [6, 6.07) is 9.83. The minimum absolute atomic E-state index is 0.0927. The molecule has 3 aromatic heterocycles. The molecule has 0 radical (unpaired) electrons. The molecule has 2 aliphatic carbocycles. The van der Waals surface area contributed by atoms with Gasteiger partial charge in [-0.25, -0.2) is 19.2 Å². The predicted octanol–water partition coefficient (Wildman–Crippen LogP) is 3.74. The molecule has 40 heavy (non-hydrogen) atoms. The molecular weight excluding hydrogens is 513 g/mol. The Morgan fingerprint density at radius 1 is 1.02 bits per heavy atom. The molecule has 1 unspecified atom stereocenters. The third-order valence-corrected chi connectivity index (χ3v) is 8.64. The van der Waals surface area contributed by atoms with E-state index in [-0.39, 0.29) is 49.2 Å². The molecule has 10 heteroatoms. The lowest BCUT2D eigenvalue weighted by molar-refractivity contribution is 0.180. The van der Waals surface area contributed by atoms with Crippen LogP contribution >= 0.6 is 0 Å². The molecular formula is C30H34FN5O4. The Hall–Kier alpha value is -3.79. The Labute approximate surface area is 230 Å². The number of aryl methyl sites for hydroxylation is 2. The Morgan fingerprint density at radius 2 is 1.75 bits per heavy atom. The molecule has 4 aromatic rings. The fourth-order valence-electron chi connectivity index (χ4n) is 6.36. The monoisotopic (exact) mass is 547 g/mol. The van der Waals surface area contributed by atoms with Gasteiger partial charge in [-0.15, -0.1) is 0 Å². The van der Waals surface area contributed by atoms with Crippen molar-refractivity contribution in [2.75, 3.05) is 6.61 Å². The molecule has 1 N–H and O–H groups in total. The van der Waals surface area contributed by atoms with Crippen LogP contribution in [0.4, 0.5) is 4.39 Å². The second-order valence-corrected chi connectivity index (χ2v) is 11.1. The minimum Gasteiger partial charge on any atom is -0.474 e. The number of hydrogen-bond acceptors (Lipinski definition) is 6. The van der Waals surface area contributed by atoms with Crippen molar-refractivity contribution in [3.05, 3.63) is 74.3 Å². The maximum atomic E-state index is 13.7. The van der Waals surface area contributed by atoms with Gasteiger partial charge in [0, 0.05) is 37.9 Å². The molecule has 1 aromatic carbocycles. The van der Waals surface area contributed by atoms with Crippen LogP contribution in [0.5, 0.6) is 5.88 Å². The number of rotatable bonds is 9. The van der Waals surface area contributed by atoms with Crippen LogP contribution in [-0.4, -0.2) is 41.5 Å². The summed E-state index contributed by atoms with van der Waals surface area (Å²) in [4.78, 5) is 36.5. The summed E-state index contributed by atoms with van der Waals surface area (Å²) >= 11 is 0. The smallest absolute Gasteiger partial charge is 0.332 e. The molecule has 2 aliphatic rings. The SMILES string of the molecule is CCn1c(=O)n(CCCO)c(=O)c2c1nc(-c1ccc(OC3C[C@@H]4[C@H](C)[C@@H]4C3)nc1C)n2Cc1ccc(F)cc1. The van der Waals surface area contributed by atoms with E-state index < -0.39 is 11.2 Å². The van der Waals surface area contributed by atoms with Gasteiger partial charge >= 0.3 is 5.69 Å². The summed E-state index contributed by atoms with van der Waals surface area (Å²) in [6.07, 6.45) is 2.59. The highest BCUT2D eigenvalue weighted by Crippen LogP contribution is 2.57. The number of ether oxygens (including phenoxy) is 1. The molecule has 2 fully saturated rings. The summed E-state index contributed by atoms with van der Waals surface area (Å²) in [5.41, 5.74) is 1.80. The van der Waals surface area contributed by atoms with Crippen molar-refractivity contribution in [1.29, 1.82) is 0 Å². The molecule has 0 aliphatic heterocycles. The largest absolute Gasteiger partial charge is 0.474 e. The van der Waals surface area contributed by atoms with Crippen LogP contribution in [0.15, 0.2) is 46.0 Å². The lowest BCUT2D eigenvalue weighted by Gasteiger charge is -2.17. The van der Waals surface area contributed by atoms with Gasteiger partial charge in [0.2, 0.25) is 5.88 Å². The molecule has 210 valence electrons. The van der Waals surface area contributed by atoms with Crippen LogP contribution < -0.4 is 16.0 Å². The fraction of sp³-hybridized carbons (Fsp3) is 0.467. The van der Waals surface area contributed by atoms with Gasteiger partial charge in [0.15, 0.2) is 11.2 Å². The first kappa shape index (κ1) is 26.4. The number of aliphatic hydroxyl groups excluding tert-OH is 1. The van der Waals surface area contributed by atoms with Crippen molar-refractivity contribution in [3.63, 3.8) is 0 Å². The quantitative estimate of drug-likeness (QED) is 0.342. The Kier molecular flexibility index (Phi) is 6.82. The van der Waals surface area contributed by atoms with Gasteiger partial charge in [-0.05, 0) is 74.6 Å². The third-order valence-electron chi connectivity index (χ3n) is 8.64. The van der Waals surface area contributed by atoms with Crippen molar-refractivity contribution < 1.29 is 14.2 Å². The summed E-state index contributed by atoms with van der Waals surface area (Å²) in [5, 5.41) is 9.35. The second-order valence-electron chi connectivity index (χ2n) is 11.1. The van der Waals surface area contributed by atoms with Crippen molar-refractivity contribution in [1.82, 2.24) is 23.7 Å². The molecule has 0 spiro atoms. The number of imidazole rings is 1. The van der Waals surface area contributed by atoms with Crippen molar-refractivity contribution in [2.45, 2.75) is 65.8 Å². The number of aromatic nitrogens is 5. The normalized spacial score (nSPS) is 21.6. The lowest BCUT2D eigenvalue weighted by atomic mass is 10.1. The van der Waals surface area contributed by atoms with E-state index in [9.17, 15) is 19.1 Å². The van der Waals surface area contributed by atoms with Crippen LogP contribution in [0.3, 0.4) is 0 Å². The van der Waals surface area contributed by atoms with Crippen LogP contribution in [-0.2, 0) is 19.6 Å². The van der Waals surface area contributed by atoms with Gasteiger partial charge in [0.1, 0.15) is 17.7 Å². The van der Waals surface area contributed by atoms with Crippen molar-refractivity contribution in [3.8, 4) is 17.3 Å². The third kappa shape index (κ3) is 4.54. The summed E-state index contributed by atoms with van der Waals surface area (Å²) in [6.45, 7) is 6.52. The van der Waals surface area contributed by atoms with E-state index in [2.05, 4.69) is 6.92 Å². The highest BCUT2D eigenvalue weighted by Gasteiger charge is 2.54. The molecule has 0 bridgehead atoms. The Bertz CT molecular complexity index is 1680. The number of aliphatic hydroxyl groups is 1. The van der Waals surface area contributed by atoms with Crippen LogP contribution in [0.25, 0.3) is 22.6 Å². The highest BCUT2D eigenvalue weighted by atomic mass is 19.1. The summed E-state index contributed by atoms with van der Waals surface area (Å²) in [7, 11) is 0. The zero-order valence-electron chi connectivity index (χ0n) is 23.0. The van der Waals surface area contributed by atoms with Gasteiger partial charge in [-0.3, -0.25) is 13.9 Å². The maximum Gasteiger partial charge on any atom is 0.332 e. The van der Waals surface area contributed by atoms with E-state index in [1.165, 1.54) is 16.7 Å². The van der Waals surface area contributed by atoms with Crippen LogP contribution in [0.2, 0.25) is 0 Å². The van der Waals surface area contributed by atoms with E-state index in [4.69, 9.17) is 14.7 Å². The van der Waals surface area contributed by atoms with E-state index in [0.29, 0.717) is 29.5 Å². The van der Waals surface area contributed by atoms with Gasteiger partial charge in [-0.1, -0.05) is 19.1 Å². The van der Waals surface area contributed by atoms with E-state index >= 15 is 0 Å². The first-order valence-electron chi connectivity index (χ1n) is 14.0. The van der Waals surface area contributed by atoms with Crippen molar-refractivity contribution >= 4 is 11.2 Å². The van der Waals surface area contributed by atoms with Crippen molar-refractivity contribution in [2.24, 2.45) is 17.8 Å². The average molecular weight is 548 g/mol. The number of halogens is 1. The summed E-state index contributed by atoms with van der Waals surface area (Å²) < 4.78 is 24.3. The van der Waals surface area contributed by atoms with E-state index in [1.807, 2.05) is 26.0 Å². The standard InChI is InChI=1S/C30H34FN5O4/c1-4-34-28-26(29(38)35(30(34)39)12-5-13-37)36(16-19-6-8-20(31)9-7-19)27(33-28)22-10-11-25(32-18(22)3)40-21-14-23-17(2)24(23)15-21/h6-11,17,21,23-24,37H,4-5,12-16H2,1-3H3/t17-,21?,23+,24-. The number of fused-ring (bicyclic) bond motifs is 2. The topological polar surface area (TPSA) is 104 Å². The average Bonchev–Trinajstić information content (AvgIpc) is 3.24. The van der Waals surface area contributed by atoms with Gasteiger partial charge in [0.05, 0.1) is 5.69 Å². The Morgan fingerprint density at radius 3 is 2.40 bits per heavy atom. The summed E-state index contributed by atoms with van der Waals surface area (Å²) in [5.74, 6) is 3.06. The van der Waals surface area contributed by atoms with Crippen LogP contribution in [0, 0.1) is 30.5 Å². The lowest BCUT2D eigenvalue weighted by Crippen LogP contribution is -2.40. The zero-order valence-corrected chi connectivity index (χ0v) is 23.0. The van der Waals surface area contributed by atoms with Crippen LogP contribution in [0.1, 0.15) is 44.4 Å². The number of benzene rings is 1. The predicted molar refractivity (Wildman–Crippen MR) is 149 cm³/mol. The molecule has 4 atom stereocenters. The molecule has 0 saturated heterocycles. The fourth-order valence-corrected chi connectivity index (χ4v) is 6.36. The van der Waals surface area contributed by atoms with Gasteiger partial charge < -0.3 is 14.4 Å². The highest BCUT2D eigenvalue weighted by molar-refractivity contribution is 5.78. The molecule has 6 rings (SSSR count). The minimum atomic E-state index is -0.474. The second kappa shape index (κ2) is 10.3. The Balaban J connectivity index is 1.46. The maximum absolute atomic E-state index is 13.7. The van der Waals surface area contributed by atoms with E-state index in [0.717, 1.165) is 40.7 Å². The molecule has 3 heterocycles. The number of pyridine rings is 1. The number of hydrogen-bond donors (Lipinski definition) is 1. The number of nitrogens with zero attached hydrogens (tertiary/aromatic N) is 5. The first-order chi connectivity index (χ1) is 19.3. The zero-order chi connectivity index (χ0) is 28.1. The molecule has 0 amide bonds. The molecule has 2 saturated carbocycles.